The highest BCUT2D eigenvalue weighted by Gasteiger charge is 2.24. The van der Waals surface area contributed by atoms with Gasteiger partial charge in [-0.1, -0.05) is 50.8 Å². The third-order valence-electron chi connectivity index (χ3n) is 2.50. The van der Waals surface area contributed by atoms with Gasteiger partial charge in [0.1, 0.15) is 0 Å². The molecule has 4 nitrogen and oxygen atoms in total. The van der Waals surface area contributed by atoms with Gasteiger partial charge in [-0.15, -0.1) is 0 Å². The lowest BCUT2D eigenvalue weighted by molar-refractivity contribution is -0.139. The third kappa shape index (κ3) is 4.71. The van der Waals surface area contributed by atoms with Crippen LogP contribution in [0.1, 0.15) is 32.3 Å². The van der Waals surface area contributed by atoms with Crippen molar-refractivity contribution in [3.8, 4) is 0 Å². The van der Waals surface area contributed by atoms with E-state index >= 15 is 0 Å². The monoisotopic (exact) mass is 278 g/mol. The first kappa shape index (κ1) is 15.2. The standard InChI is InChI=1S/C14H18O4Si/c1-4-11-7-9-12(10-8-11)19(17-13(15)5-2)18-14(16)6-3/h4,7-10,19H,1,5-6H2,2-3H3. The van der Waals surface area contributed by atoms with E-state index in [0.29, 0.717) is 0 Å². The van der Waals surface area contributed by atoms with Crippen molar-refractivity contribution in [2.24, 2.45) is 0 Å². The Hall–Kier alpha value is -1.88. The third-order valence-corrected chi connectivity index (χ3v) is 4.38. The Balaban J connectivity index is 2.89. The summed E-state index contributed by atoms with van der Waals surface area (Å²) in [6.45, 7) is 7.08. The van der Waals surface area contributed by atoms with Crippen LogP contribution in [0.4, 0.5) is 0 Å². The van der Waals surface area contributed by atoms with Crippen LogP contribution in [-0.2, 0) is 18.4 Å². The van der Waals surface area contributed by atoms with Crippen molar-refractivity contribution in [2.45, 2.75) is 26.7 Å². The minimum Gasteiger partial charge on any atom is -0.484 e. The lowest BCUT2D eigenvalue weighted by Crippen LogP contribution is -2.40. The molecule has 5 heteroatoms. The summed E-state index contributed by atoms with van der Waals surface area (Å²) in [5, 5.41) is 0.759. The number of benzene rings is 1. The Kier molecular flexibility index (Phi) is 6.01. The predicted octanol–water partition coefficient (Wildman–Crippen LogP) is 1.66. The normalized spacial score (nSPS) is 10.1. The van der Waals surface area contributed by atoms with Gasteiger partial charge >= 0.3 is 9.28 Å². The first-order valence-corrected chi connectivity index (χ1v) is 7.74. The van der Waals surface area contributed by atoms with E-state index in [4.69, 9.17) is 8.85 Å². The summed E-state index contributed by atoms with van der Waals surface area (Å²) in [5.41, 5.74) is 0.958. The molecule has 0 amide bonds. The number of carbonyl (C=O) groups excluding carboxylic acids is 2. The fourth-order valence-corrected chi connectivity index (χ4v) is 2.99. The highest BCUT2D eigenvalue weighted by atomic mass is 28.3. The van der Waals surface area contributed by atoms with Crippen LogP contribution < -0.4 is 5.19 Å². The molecule has 0 bridgehead atoms. The second kappa shape index (κ2) is 7.53. The predicted molar refractivity (Wildman–Crippen MR) is 76.1 cm³/mol. The minimum atomic E-state index is -2.51. The van der Waals surface area contributed by atoms with Crippen LogP contribution in [0.2, 0.25) is 0 Å². The maximum atomic E-state index is 11.4. The highest BCUT2D eigenvalue weighted by Crippen LogP contribution is 2.02. The fourth-order valence-electron chi connectivity index (χ4n) is 1.35. The Morgan fingerprint density at radius 3 is 1.95 bits per heavy atom. The van der Waals surface area contributed by atoms with Crippen molar-refractivity contribution in [1.29, 1.82) is 0 Å². The Labute approximate surface area is 114 Å². The van der Waals surface area contributed by atoms with Crippen LogP contribution >= 0.6 is 0 Å². The van der Waals surface area contributed by atoms with E-state index in [1.54, 1.807) is 32.1 Å². The number of rotatable bonds is 6. The Bertz CT molecular complexity index is 435. The van der Waals surface area contributed by atoms with Crippen LogP contribution in [-0.4, -0.2) is 21.2 Å². The van der Waals surface area contributed by atoms with Crippen LogP contribution in [0.15, 0.2) is 30.8 Å². The van der Waals surface area contributed by atoms with Gasteiger partial charge in [-0.25, -0.2) is 0 Å². The molecule has 1 aromatic rings. The molecule has 1 rings (SSSR count). The molecule has 0 radical (unpaired) electrons. The maximum Gasteiger partial charge on any atom is 0.483 e. The number of hydrogen-bond acceptors (Lipinski definition) is 4. The molecule has 0 atom stereocenters. The van der Waals surface area contributed by atoms with E-state index in [0.717, 1.165) is 10.8 Å². The molecule has 0 saturated carbocycles. The quantitative estimate of drug-likeness (QED) is 0.743. The van der Waals surface area contributed by atoms with Crippen molar-refractivity contribution in [3.05, 3.63) is 36.4 Å². The summed E-state index contributed by atoms with van der Waals surface area (Å²) in [6, 6.07) is 7.31. The van der Waals surface area contributed by atoms with E-state index in [1.165, 1.54) is 0 Å². The topological polar surface area (TPSA) is 52.6 Å². The minimum absolute atomic E-state index is 0.262. The molecule has 0 saturated heterocycles. The van der Waals surface area contributed by atoms with E-state index in [1.807, 2.05) is 12.1 Å². The molecular formula is C14H18O4Si. The molecule has 0 aromatic heterocycles. The van der Waals surface area contributed by atoms with Gasteiger partial charge in [-0.2, -0.15) is 0 Å². The summed E-state index contributed by atoms with van der Waals surface area (Å²) in [6.07, 6.45) is 2.24. The molecule has 0 aliphatic rings. The van der Waals surface area contributed by atoms with E-state index in [2.05, 4.69) is 6.58 Å². The summed E-state index contributed by atoms with van der Waals surface area (Å²) >= 11 is 0. The molecule has 1 aromatic carbocycles. The molecule has 0 N–H and O–H groups in total. The van der Waals surface area contributed by atoms with E-state index in [9.17, 15) is 9.59 Å². The van der Waals surface area contributed by atoms with Gasteiger partial charge in [0.15, 0.2) is 0 Å². The zero-order chi connectivity index (χ0) is 14.3. The number of hydrogen-bond donors (Lipinski definition) is 0. The second-order valence-corrected chi connectivity index (χ2v) is 5.69. The average Bonchev–Trinajstić information content (AvgIpc) is 2.46. The molecule has 102 valence electrons. The summed E-state index contributed by atoms with van der Waals surface area (Å²) in [5.74, 6) is -0.707. The highest BCUT2D eigenvalue weighted by molar-refractivity contribution is 6.64. The first-order chi connectivity index (χ1) is 9.10. The summed E-state index contributed by atoms with van der Waals surface area (Å²) < 4.78 is 10.5. The van der Waals surface area contributed by atoms with Gasteiger partial charge in [-0.3, -0.25) is 9.59 Å². The fraction of sp³-hybridized carbons (Fsp3) is 0.286. The summed E-state index contributed by atoms with van der Waals surface area (Å²) in [7, 11) is -2.51. The Morgan fingerprint density at radius 1 is 1.11 bits per heavy atom. The molecule has 0 unspecified atom stereocenters. The molecule has 0 fully saturated rings. The van der Waals surface area contributed by atoms with Crippen molar-refractivity contribution >= 4 is 32.5 Å². The van der Waals surface area contributed by atoms with Crippen LogP contribution in [0.5, 0.6) is 0 Å². The maximum absolute atomic E-state index is 11.4. The molecular weight excluding hydrogens is 260 g/mol. The largest absolute Gasteiger partial charge is 0.484 e. The van der Waals surface area contributed by atoms with E-state index in [-0.39, 0.29) is 24.8 Å². The van der Waals surface area contributed by atoms with Crippen LogP contribution in [0.25, 0.3) is 6.08 Å². The molecule has 0 spiro atoms. The van der Waals surface area contributed by atoms with Crippen molar-refractivity contribution in [1.82, 2.24) is 0 Å². The lowest BCUT2D eigenvalue weighted by atomic mass is 10.2. The zero-order valence-corrected chi connectivity index (χ0v) is 12.4. The van der Waals surface area contributed by atoms with Gasteiger partial charge in [-0.05, 0) is 5.56 Å². The lowest BCUT2D eigenvalue weighted by Gasteiger charge is -2.16. The average molecular weight is 278 g/mol. The van der Waals surface area contributed by atoms with Gasteiger partial charge in [0, 0.05) is 18.0 Å². The van der Waals surface area contributed by atoms with E-state index < -0.39 is 9.28 Å². The zero-order valence-electron chi connectivity index (χ0n) is 11.2. The van der Waals surface area contributed by atoms with Gasteiger partial charge in [0.2, 0.25) is 0 Å². The van der Waals surface area contributed by atoms with Gasteiger partial charge in [0.25, 0.3) is 11.9 Å². The molecule has 0 aliphatic carbocycles. The second-order valence-electron chi connectivity index (χ2n) is 3.89. The molecule has 0 aliphatic heterocycles. The summed E-state index contributed by atoms with van der Waals surface area (Å²) in [4.78, 5) is 22.8. The molecule has 0 heterocycles. The smallest absolute Gasteiger partial charge is 0.483 e. The first-order valence-electron chi connectivity index (χ1n) is 6.22. The van der Waals surface area contributed by atoms with Crippen LogP contribution in [0.3, 0.4) is 0 Å². The SMILES string of the molecule is C=Cc1ccc([SiH](OC(=O)CC)OC(=O)CC)cc1. The van der Waals surface area contributed by atoms with Crippen LogP contribution in [0, 0.1) is 0 Å². The van der Waals surface area contributed by atoms with Crippen molar-refractivity contribution < 1.29 is 18.4 Å². The van der Waals surface area contributed by atoms with Gasteiger partial charge in [0.05, 0.1) is 0 Å². The van der Waals surface area contributed by atoms with Crippen molar-refractivity contribution in [3.63, 3.8) is 0 Å². The van der Waals surface area contributed by atoms with Crippen molar-refractivity contribution in [2.75, 3.05) is 0 Å². The van der Waals surface area contributed by atoms with Gasteiger partial charge < -0.3 is 8.85 Å². The number of carbonyl (C=O) groups is 2. The Morgan fingerprint density at radius 2 is 1.58 bits per heavy atom. The molecule has 19 heavy (non-hydrogen) atoms.